The van der Waals surface area contributed by atoms with Crippen LogP contribution in [0.5, 0.6) is 0 Å². The number of nitrogens with one attached hydrogen (secondary N) is 1. The average Bonchev–Trinajstić information content (AvgIpc) is 2.62. The minimum atomic E-state index is -0.264. The van der Waals surface area contributed by atoms with Crippen LogP contribution in [0.2, 0.25) is 0 Å². The number of rotatable bonds is 8. The SMILES string of the molecule is CCCN(CCC)c1ccc(C(=O)Nc2ccc(C(C)=O)cc2)nc1. The van der Waals surface area contributed by atoms with E-state index in [2.05, 4.69) is 29.0 Å². The summed E-state index contributed by atoms with van der Waals surface area (Å²) < 4.78 is 0. The van der Waals surface area contributed by atoms with Crippen molar-refractivity contribution in [3.05, 3.63) is 53.9 Å². The van der Waals surface area contributed by atoms with E-state index in [1.54, 1.807) is 36.5 Å². The number of anilines is 2. The fourth-order valence-corrected chi connectivity index (χ4v) is 2.60. The molecule has 25 heavy (non-hydrogen) atoms. The second kappa shape index (κ2) is 8.97. The zero-order valence-electron chi connectivity index (χ0n) is 15.1. The lowest BCUT2D eigenvalue weighted by atomic mass is 10.1. The summed E-state index contributed by atoms with van der Waals surface area (Å²) in [7, 11) is 0. The first-order valence-corrected chi connectivity index (χ1v) is 8.68. The van der Waals surface area contributed by atoms with Gasteiger partial charge in [-0.05, 0) is 56.2 Å². The predicted molar refractivity (Wildman–Crippen MR) is 101 cm³/mol. The number of Topliss-reactive ketones (excluding diaryl/α,β-unsaturated/α-hetero) is 1. The highest BCUT2D eigenvalue weighted by Crippen LogP contribution is 2.16. The molecule has 0 bridgehead atoms. The maximum absolute atomic E-state index is 12.3. The van der Waals surface area contributed by atoms with E-state index >= 15 is 0 Å². The topological polar surface area (TPSA) is 62.3 Å². The van der Waals surface area contributed by atoms with Crippen LogP contribution in [0.3, 0.4) is 0 Å². The van der Waals surface area contributed by atoms with E-state index in [1.807, 2.05) is 6.07 Å². The highest BCUT2D eigenvalue weighted by Gasteiger charge is 2.10. The smallest absolute Gasteiger partial charge is 0.274 e. The minimum absolute atomic E-state index is 0.00107. The van der Waals surface area contributed by atoms with Crippen LogP contribution in [0.4, 0.5) is 11.4 Å². The van der Waals surface area contributed by atoms with Crippen molar-refractivity contribution in [3.63, 3.8) is 0 Å². The molecule has 5 heteroatoms. The molecule has 0 aliphatic rings. The molecule has 1 N–H and O–H groups in total. The van der Waals surface area contributed by atoms with Crippen molar-refractivity contribution in [3.8, 4) is 0 Å². The number of carbonyl (C=O) groups is 2. The van der Waals surface area contributed by atoms with Crippen LogP contribution in [-0.2, 0) is 0 Å². The predicted octanol–water partition coefficient (Wildman–Crippen LogP) is 4.16. The molecule has 0 saturated carbocycles. The first-order chi connectivity index (χ1) is 12.0. The van der Waals surface area contributed by atoms with Crippen LogP contribution in [0.25, 0.3) is 0 Å². The van der Waals surface area contributed by atoms with Gasteiger partial charge in [0.1, 0.15) is 5.69 Å². The molecule has 1 aromatic heterocycles. The van der Waals surface area contributed by atoms with E-state index < -0.39 is 0 Å². The summed E-state index contributed by atoms with van der Waals surface area (Å²) in [6.45, 7) is 7.76. The Morgan fingerprint density at radius 3 is 2.12 bits per heavy atom. The molecule has 0 aliphatic carbocycles. The van der Waals surface area contributed by atoms with Crippen molar-refractivity contribution in [2.24, 2.45) is 0 Å². The summed E-state index contributed by atoms with van der Waals surface area (Å²) in [4.78, 5) is 30.2. The van der Waals surface area contributed by atoms with Gasteiger partial charge in [0, 0.05) is 24.3 Å². The molecule has 0 saturated heterocycles. The Labute approximate surface area is 149 Å². The Morgan fingerprint density at radius 2 is 1.64 bits per heavy atom. The second-order valence-electron chi connectivity index (χ2n) is 5.98. The quantitative estimate of drug-likeness (QED) is 0.734. The lowest BCUT2D eigenvalue weighted by molar-refractivity contribution is 0.101. The van der Waals surface area contributed by atoms with Crippen molar-refractivity contribution in [2.75, 3.05) is 23.3 Å². The molecule has 0 radical (unpaired) electrons. The normalized spacial score (nSPS) is 10.4. The molecule has 1 heterocycles. The van der Waals surface area contributed by atoms with E-state index in [0.29, 0.717) is 16.9 Å². The van der Waals surface area contributed by atoms with Crippen LogP contribution < -0.4 is 10.2 Å². The van der Waals surface area contributed by atoms with Crippen molar-refractivity contribution >= 4 is 23.1 Å². The van der Waals surface area contributed by atoms with Crippen molar-refractivity contribution in [1.82, 2.24) is 4.98 Å². The zero-order valence-corrected chi connectivity index (χ0v) is 15.1. The molecule has 0 unspecified atom stereocenters. The Morgan fingerprint density at radius 1 is 1.00 bits per heavy atom. The van der Waals surface area contributed by atoms with Gasteiger partial charge < -0.3 is 10.2 Å². The van der Waals surface area contributed by atoms with Gasteiger partial charge >= 0.3 is 0 Å². The summed E-state index contributed by atoms with van der Waals surface area (Å²) in [5.74, 6) is -0.265. The maximum Gasteiger partial charge on any atom is 0.274 e. The summed E-state index contributed by atoms with van der Waals surface area (Å²) in [5, 5.41) is 2.80. The van der Waals surface area contributed by atoms with Gasteiger partial charge in [0.15, 0.2) is 5.78 Å². The Kier molecular flexibility index (Phi) is 6.69. The molecular formula is C20H25N3O2. The molecule has 0 spiro atoms. The van der Waals surface area contributed by atoms with Gasteiger partial charge in [-0.15, -0.1) is 0 Å². The first-order valence-electron chi connectivity index (χ1n) is 8.68. The van der Waals surface area contributed by atoms with Crippen molar-refractivity contribution < 1.29 is 9.59 Å². The summed E-state index contributed by atoms with van der Waals surface area (Å²) in [6, 6.07) is 10.5. The van der Waals surface area contributed by atoms with Crippen molar-refractivity contribution in [1.29, 1.82) is 0 Å². The Balaban J connectivity index is 2.05. The molecule has 0 aliphatic heterocycles. The molecule has 0 atom stereocenters. The summed E-state index contributed by atoms with van der Waals surface area (Å²) >= 11 is 0. The van der Waals surface area contributed by atoms with Gasteiger partial charge in [-0.3, -0.25) is 9.59 Å². The zero-order chi connectivity index (χ0) is 18.2. The first kappa shape index (κ1) is 18.6. The highest BCUT2D eigenvalue weighted by atomic mass is 16.2. The van der Waals surface area contributed by atoms with E-state index in [9.17, 15) is 9.59 Å². The number of aromatic nitrogens is 1. The summed E-state index contributed by atoms with van der Waals surface area (Å²) in [5.41, 5.74) is 2.66. The van der Waals surface area contributed by atoms with E-state index in [4.69, 9.17) is 0 Å². The standard InChI is InChI=1S/C20H25N3O2/c1-4-12-23(13-5-2)18-10-11-19(21-14-18)20(25)22-17-8-6-16(7-9-17)15(3)24/h6-11,14H,4-5,12-13H2,1-3H3,(H,22,25). The van der Waals surface area contributed by atoms with Crippen LogP contribution >= 0.6 is 0 Å². The Hall–Kier alpha value is -2.69. The van der Waals surface area contributed by atoms with Gasteiger partial charge in [-0.1, -0.05) is 13.8 Å². The third kappa shape index (κ3) is 5.14. The van der Waals surface area contributed by atoms with Crippen LogP contribution in [0, 0.1) is 0 Å². The largest absolute Gasteiger partial charge is 0.370 e. The van der Waals surface area contributed by atoms with Gasteiger partial charge in [0.2, 0.25) is 0 Å². The molecule has 2 rings (SSSR count). The van der Waals surface area contributed by atoms with Crippen LogP contribution in [0.15, 0.2) is 42.6 Å². The molecular weight excluding hydrogens is 314 g/mol. The minimum Gasteiger partial charge on any atom is -0.370 e. The highest BCUT2D eigenvalue weighted by molar-refractivity contribution is 6.03. The van der Waals surface area contributed by atoms with Crippen LogP contribution in [0.1, 0.15) is 54.5 Å². The fraction of sp³-hybridized carbons (Fsp3) is 0.350. The third-order valence-electron chi connectivity index (χ3n) is 3.88. The van der Waals surface area contributed by atoms with Gasteiger partial charge in [0.05, 0.1) is 11.9 Å². The second-order valence-corrected chi connectivity index (χ2v) is 5.98. The number of nitrogens with zero attached hydrogens (tertiary/aromatic N) is 2. The molecule has 1 amide bonds. The average molecular weight is 339 g/mol. The monoisotopic (exact) mass is 339 g/mol. The number of hydrogen-bond acceptors (Lipinski definition) is 4. The number of pyridine rings is 1. The number of ketones is 1. The number of carbonyl (C=O) groups excluding carboxylic acids is 2. The number of benzene rings is 1. The van der Waals surface area contributed by atoms with E-state index in [0.717, 1.165) is 31.6 Å². The fourth-order valence-electron chi connectivity index (χ4n) is 2.60. The molecule has 5 nitrogen and oxygen atoms in total. The van der Waals surface area contributed by atoms with Gasteiger partial charge in [0.25, 0.3) is 5.91 Å². The molecule has 132 valence electrons. The lowest BCUT2D eigenvalue weighted by Gasteiger charge is -2.23. The van der Waals surface area contributed by atoms with Crippen molar-refractivity contribution in [2.45, 2.75) is 33.6 Å². The molecule has 1 aromatic carbocycles. The van der Waals surface area contributed by atoms with E-state index in [1.165, 1.54) is 6.92 Å². The Bertz CT molecular complexity index is 703. The number of hydrogen-bond donors (Lipinski definition) is 1. The molecule has 0 fully saturated rings. The van der Waals surface area contributed by atoms with Gasteiger partial charge in [-0.25, -0.2) is 4.98 Å². The maximum atomic E-state index is 12.3. The number of amides is 1. The van der Waals surface area contributed by atoms with Crippen LogP contribution in [-0.4, -0.2) is 29.8 Å². The van der Waals surface area contributed by atoms with Gasteiger partial charge in [-0.2, -0.15) is 0 Å². The third-order valence-corrected chi connectivity index (χ3v) is 3.88. The molecule has 2 aromatic rings. The van der Waals surface area contributed by atoms with E-state index in [-0.39, 0.29) is 11.7 Å². The summed E-state index contributed by atoms with van der Waals surface area (Å²) in [6.07, 6.45) is 3.88. The lowest BCUT2D eigenvalue weighted by Crippen LogP contribution is -2.25.